The molecule has 146 valence electrons. The minimum atomic E-state index is -0.206. The van der Waals surface area contributed by atoms with E-state index in [1.165, 1.54) is 22.7 Å². The van der Waals surface area contributed by atoms with Gasteiger partial charge in [-0.25, -0.2) is 9.97 Å². The monoisotopic (exact) mass is 422 g/mol. The van der Waals surface area contributed by atoms with Crippen LogP contribution in [0.25, 0.3) is 11.3 Å². The first-order valence-corrected chi connectivity index (χ1v) is 10.5. The smallest absolute Gasteiger partial charge is 0.257 e. The summed E-state index contributed by atoms with van der Waals surface area (Å²) in [6.45, 7) is 1.99. The number of ether oxygens (including phenoxy) is 1. The maximum atomic E-state index is 12.7. The molecule has 0 aliphatic heterocycles. The van der Waals surface area contributed by atoms with Crippen molar-refractivity contribution >= 4 is 44.5 Å². The number of methoxy groups -OCH3 is 1. The van der Waals surface area contributed by atoms with E-state index < -0.39 is 0 Å². The highest BCUT2D eigenvalue weighted by molar-refractivity contribution is 7.16. The number of aryl methyl sites for hydroxylation is 1. The van der Waals surface area contributed by atoms with Crippen molar-refractivity contribution in [3.05, 3.63) is 70.5 Å². The first-order valence-electron chi connectivity index (χ1n) is 8.82. The van der Waals surface area contributed by atoms with Gasteiger partial charge >= 0.3 is 0 Å². The number of hydrogen-bond acceptors (Lipinski definition) is 7. The SMILES string of the molecule is COc1ccc(-c2nc(NC(=O)c3cccc(Nc4nccs4)c3)sc2C)cc1. The van der Waals surface area contributed by atoms with Gasteiger partial charge in [-0.2, -0.15) is 0 Å². The van der Waals surface area contributed by atoms with Crippen molar-refractivity contribution in [2.45, 2.75) is 6.92 Å². The van der Waals surface area contributed by atoms with E-state index in [1.807, 2.05) is 48.7 Å². The van der Waals surface area contributed by atoms with Crippen LogP contribution >= 0.6 is 22.7 Å². The molecule has 0 saturated heterocycles. The maximum Gasteiger partial charge on any atom is 0.257 e. The number of carbonyl (C=O) groups is 1. The Morgan fingerprint density at radius 1 is 1.10 bits per heavy atom. The van der Waals surface area contributed by atoms with E-state index in [2.05, 4.69) is 20.6 Å². The molecule has 0 bridgehead atoms. The van der Waals surface area contributed by atoms with Crippen LogP contribution in [0.5, 0.6) is 5.75 Å². The molecule has 6 nitrogen and oxygen atoms in total. The molecule has 29 heavy (non-hydrogen) atoms. The summed E-state index contributed by atoms with van der Waals surface area (Å²) in [6, 6.07) is 15.0. The summed E-state index contributed by atoms with van der Waals surface area (Å²) < 4.78 is 5.20. The fourth-order valence-corrected chi connectivity index (χ4v) is 4.16. The number of carbonyl (C=O) groups excluding carboxylic acids is 1. The third kappa shape index (κ3) is 4.44. The number of amides is 1. The number of aromatic nitrogens is 2. The second kappa shape index (κ2) is 8.42. The number of rotatable bonds is 6. The van der Waals surface area contributed by atoms with Crippen molar-refractivity contribution in [3.8, 4) is 17.0 Å². The van der Waals surface area contributed by atoms with Gasteiger partial charge in [0.25, 0.3) is 5.91 Å². The predicted molar refractivity (Wildman–Crippen MR) is 119 cm³/mol. The van der Waals surface area contributed by atoms with Crippen LogP contribution < -0.4 is 15.4 Å². The lowest BCUT2D eigenvalue weighted by Crippen LogP contribution is -2.11. The zero-order valence-corrected chi connectivity index (χ0v) is 17.4. The Morgan fingerprint density at radius 3 is 2.66 bits per heavy atom. The highest BCUT2D eigenvalue weighted by atomic mass is 32.1. The average molecular weight is 423 g/mol. The molecule has 0 aliphatic carbocycles. The second-order valence-corrected chi connectivity index (χ2v) is 8.25. The van der Waals surface area contributed by atoms with Crippen LogP contribution in [0, 0.1) is 6.92 Å². The molecule has 0 fully saturated rings. The van der Waals surface area contributed by atoms with E-state index in [-0.39, 0.29) is 5.91 Å². The molecule has 0 unspecified atom stereocenters. The zero-order chi connectivity index (χ0) is 20.2. The summed E-state index contributed by atoms with van der Waals surface area (Å²) >= 11 is 2.95. The van der Waals surface area contributed by atoms with E-state index in [9.17, 15) is 4.79 Å². The first kappa shape index (κ1) is 19.1. The third-order valence-corrected chi connectivity index (χ3v) is 5.76. The number of thiazole rings is 2. The van der Waals surface area contributed by atoms with E-state index in [1.54, 1.807) is 25.4 Å². The summed E-state index contributed by atoms with van der Waals surface area (Å²) in [5.74, 6) is 0.587. The highest BCUT2D eigenvalue weighted by Gasteiger charge is 2.14. The number of benzene rings is 2. The van der Waals surface area contributed by atoms with Gasteiger partial charge in [-0.05, 0) is 49.4 Å². The Hall–Kier alpha value is -3.23. The van der Waals surface area contributed by atoms with Crippen molar-refractivity contribution in [1.82, 2.24) is 9.97 Å². The van der Waals surface area contributed by atoms with Gasteiger partial charge in [0.1, 0.15) is 5.75 Å². The third-order valence-electron chi connectivity index (χ3n) is 4.19. The van der Waals surface area contributed by atoms with Gasteiger partial charge < -0.3 is 10.1 Å². The van der Waals surface area contributed by atoms with Gasteiger partial charge in [0.2, 0.25) is 0 Å². The van der Waals surface area contributed by atoms with Gasteiger partial charge in [-0.1, -0.05) is 6.07 Å². The number of nitrogens with one attached hydrogen (secondary N) is 2. The predicted octanol–water partition coefficient (Wildman–Crippen LogP) is 5.58. The Morgan fingerprint density at radius 2 is 1.93 bits per heavy atom. The van der Waals surface area contributed by atoms with Crippen LogP contribution in [0.2, 0.25) is 0 Å². The molecule has 2 aromatic heterocycles. The molecule has 0 atom stereocenters. The van der Waals surface area contributed by atoms with Crippen LogP contribution in [0.15, 0.2) is 60.1 Å². The van der Waals surface area contributed by atoms with Gasteiger partial charge in [-0.15, -0.1) is 22.7 Å². The molecule has 2 aromatic carbocycles. The quantitative estimate of drug-likeness (QED) is 0.424. The van der Waals surface area contributed by atoms with Gasteiger partial charge in [-0.3, -0.25) is 10.1 Å². The summed E-state index contributed by atoms with van der Waals surface area (Å²) in [7, 11) is 1.64. The molecule has 8 heteroatoms. The topological polar surface area (TPSA) is 76.1 Å². The summed E-state index contributed by atoms with van der Waals surface area (Å²) in [4.78, 5) is 22.5. The Kier molecular flexibility index (Phi) is 5.55. The fraction of sp³-hybridized carbons (Fsp3) is 0.0952. The van der Waals surface area contributed by atoms with Gasteiger partial charge in [0.05, 0.1) is 12.8 Å². The minimum Gasteiger partial charge on any atom is -0.497 e. The molecule has 2 N–H and O–H groups in total. The first-order chi connectivity index (χ1) is 14.1. The largest absolute Gasteiger partial charge is 0.497 e. The maximum absolute atomic E-state index is 12.7. The van der Waals surface area contributed by atoms with Crippen molar-refractivity contribution in [1.29, 1.82) is 0 Å². The average Bonchev–Trinajstić information content (AvgIpc) is 3.37. The number of nitrogens with zero attached hydrogens (tertiary/aromatic N) is 2. The van der Waals surface area contributed by atoms with Crippen molar-refractivity contribution in [3.63, 3.8) is 0 Å². The molecule has 0 spiro atoms. The Bertz CT molecular complexity index is 1120. The van der Waals surface area contributed by atoms with E-state index in [4.69, 9.17) is 4.74 Å². The van der Waals surface area contributed by atoms with E-state index in [0.29, 0.717) is 10.7 Å². The van der Waals surface area contributed by atoms with Gasteiger partial charge in [0, 0.05) is 33.3 Å². The van der Waals surface area contributed by atoms with Crippen LogP contribution in [-0.4, -0.2) is 23.0 Å². The molecular formula is C21H18N4O2S2. The molecule has 2 heterocycles. The lowest BCUT2D eigenvalue weighted by atomic mass is 10.1. The van der Waals surface area contributed by atoms with Crippen LogP contribution in [-0.2, 0) is 0 Å². The normalized spacial score (nSPS) is 10.6. The number of hydrogen-bond donors (Lipinski definition) is 2. The lowest BCUT2D eigenvalue weighted by Gasteiger charge is -2.06. The summed E-state index contributed by atoms with van der Waals surface area (Å²) in [5, 5.41) is 9.33. The van der Waals surface area contributed by atoms with Gasteiger partial charge in [0.15, 0.2) is 10.3 Å². The van der Waals surface area contributed by atoms with Crippen molar-refractivity contribution in [2.24, 2.45) is 0 Å². The lowest BCUT2D eigenvalue weighted by molar-refractivity contribution is 0.102. The van der Waals surface area contributed by atoms with Crippen LogP contribution in [0.4, 0.5) is 16.0 Å². The van der Waals surface area contributed by atoms with Crippen LogP contribution in [0.1, 0.15) is 15.2 Å². The standard InChI is InChI=1S/C21H18N4O2S2/c1-13-18(14-6-8-17(27-2)9-7-14)24-21(29-13)25-19(26)15-4-3-5-16(12-15)23-20-22-10-11-28-20/h3-12H,1-2H3,(H,22,23)(H,24,25,26). The molecule has 0 aliphatic rings. The summed E-state index contributed by atoms with van der Waals surface area (Å²) in [5.41, 5.74) is 3.19. The summed E-state index contributed by atoms with van der Waals surface area (Å²) in [6.07, 6.45) is 1.73. The van der Waals surface area contributed by atoms with Crippen LogP contribution in [0.3, 0.4) is 0 Å². The number of anilines is 3. The molecule has 0 radical (unpaired) electrons. The molecule has 4 aromatic rings. The van der Waals surface area contributed by atoms with Crippen molar-refractivity contribution < 1.29 is 9.53 Å². The Balaban J connectivity index is 1.50. The second-order valence-electron chi connectivity index (χ2n) is 6.15. The van der Waals surface area contributed by atoms with Crippen molar-refractivity contribution in [2.75, 3.05) is 17.7 Å². The zero-order valence-electron chi connectivity index (χ0n) is 15.8. The van der Waals surface area contributed by atoms with E-state index >= 15 is 0 Å². The molecular weight excluding hydrogens is 404 g/mol. The Labute approximate surface area is 176 Å². The fourth-order valence-electron chi connectivity index (χ4n) is 2.78. The highest BCUT2D eigenvalue weighted by Crippen LogP contribution is 2.31. The molecule has 1 amide bonds. The molecule has 0 saturated carbocycles. The molecule has 4 rings (SSSR count). The minimum absolute atomic E-state index is 0.206. The van der Waals surface area contributed by atoms with E-state index in [0.717, 1.165) is 32.7 Å².